The number of carbonyl (C=O) groups is 2. The molecule has 0 bridgehead atoms. The summed E-state index contributed by atoms with van der Waals surface area (Å²) >= 11 is 7.62. The predicted molar refractivity (Wildman–Crippen MR) is 153 cm³/mol. The number of nitro benzene ring substituents is 1. The largest absolute Gasteiger partial charge is 0.490 e. The fraction of sp³-hybridized carbons (Fsp3) is 0.0690. The van der Waals surface area contributed by atoms with Gasteiger partial charge in [-0.2, -0.15) is 0 Å². The van der Waals surface area contributed by atoms with E-state index in [0.29, 0.717) is 32.9 Å². The van der Waals surface area contributed by atoms with Crippen molar-refractivity contribution in [1.29, 1.82) is 0 Å². The molecule has 2 heterocycles. The first-order chi connectivity index (χ1) is 19.3. The van der Waals surface area contributed by atoms with Gasteiger partial charge in [-0.05, 0) is 48.4 Å². The van der Waals surface area contributed by atoms with Crippen LogP contribution in [0.15, 0.2) is 83.5 Å². The number of cyclic esters (lactones) is 1. The Morgan fingerprint density at radius 1 is 1.10 bits per heavy atom. The summed E-state index contributed by atoms with van der Waals surface area (Å²) < 4.78 is 17.0. The summed E-state index contributed by atoms with van der Waals surface area (Å²) in [5.74, 6) is -0.728. The smallest absolute Gasteiger partial charge is 0.363 e. The molecule has 11 heteroatoms. The molecule has 0 spiro atoms. The SMILES string of the molecule is CCOc1cc(/C=C2/N=C(c3sc4cc([N+](=O)[O-])ccc4c3Cl)OC2=O)ccc1OC(=O)/C=C/c1ccccc1. The van der Waals surface area contributed by atoms with Crippen LogP contribution in [0.3, 0.4) is 0 Å². The third kappa shape index (κ3) is 5.78. The number of thiophene rings is 1. The maximum atomic E-state index is 12.6. The van der Waals surface area contributed by atoms with Gasteiger partial charge in [0.15, 0.2) is 17.2 Å². The maximum absolute atomic E-state index is 12.6. The number of esters is 2. The van der Waals surface area contributed by atoms with Crippen molar-refractivity contribution < 1.29 is 28.7 Å². The molecule has 200 valence electrons. The molecular formula is C29H19ClN2O7S. The van der Waals surface area contributed by atoms with E-state index in [0.717, 1.165) is 16.9 Å². The summed E-state index contributed by atoms with van der Waals surface area (Å²) in [4.78, 5) is 40.3. The third-order valence-corrected chi connectivity index (χ3v) is 7.28. The first-order valence-corrected chi connectivity index (χ1v) is 13.1. The van der Waals surface area contributed by atoms with Gasteiger partial charge in [0.2, 0.25) is 5.90 Å². The number of nitro groups is 1. The number of rotatable bonds is 8. The van der Waals surface area contributed by atoms with Crippen molar-refractivity contribution in [1.82, 2.24) is 0 Å². The van der Waals surface area contributed by atoms with Crippen LogP contribution in [0.1, 0.15) is 22.9 Å². The van der Waals surface area contributed by atoms with Crippen molar-refractivity contribution in [3.05, 3.63) is 110 Å². The average molecular weight is 575 g/mol. The fourth-order valence-electron chi connectivity index (χ4n) is 3.81. The predicted octanol–water partition coefficient (Wildman–Crippen LogP) is 6.82. The summed E-state index contributed by atoms with van der Waals surface area (Å²) in [6, 6.07) is 18.5. The van der Waals surface area contributed by atoms with Crippen molar-refractivity contribution in [2.24, 2.45) is 4.99 Å². The minimum Gasteiger partial charge on any atom is -0.490 e. The number of benzene rings is 3. The Morgan fingerprint density at radius 3 is 2.65 bits per heavy atom. The second kappa shape index (κ2) is 11.5. The normalized spacial score (nSPS) is 14.0. The quantitative estimate of drug-likeness (QED) is 0.0744. The minimum atomic E-state index is -0.686. The highest BCUT2D eigenvalue weighted by Gasteiger charge is 2.28. The molecule has 0 radical (unpaired) electrons. The first kappa shape index (κ1) is 26.8. The lowest BCUT2D eigenvalue weighted by Gasteiger charge is -2.10. The van der Waals surface area contributed by atoms with Gasteiger partial charge < -0.3 is 14.2 Å². The van der Waals surface area contributed by atoms with E-state index in [1.54, 1.807) is 37.3 Å². The molecule has 0 N–H and O–H groups in total. The topological polar surface area (TPSA) is 117 Å². The van der Waals surface area contributed by atoms with Crippen LogP contribution >= 0.6 is 22.9 Å². The second-order valence-electron chi connectivity index (χ2n) is 8.32. The molecule has 0 saturated heterocycles. The molecule has 1 aromatic heterocycles. The van der Waals surface area contributed by atoms with Crippen LogP contribution in [0.4, 0.5) is 5.69 Å². The molecule has 1 aliphatic rings. The van der Waals surface area contributed by atoms with E-state index in [-0.39, 0.29) is 28.1 Å². The Balaban J connectivity index is 1.39. The maximum Gasteiger partial charge on any atom is 0.363 e. The Labute approximate surface area is 236 Å². The Morgan fingerprint density at radius 2 is 1.90 bits per heavy atom. The van der Waals surface area contributed by atoms with Crippen molar-refractivity contribution in [3.8, 4) is 11.5 Å². The molecule has 9 nitrogen and oxygen atoms in total. The van der Waals surface area contributed by atoms with Crippen LogP contribution in [0.5, 0.6) is 11.5 Å². The van der Waals surface area contributed by atoms with E-state index in [4.69, 9.17) is 25.8 Å². The van der Waals surface area contributed by atoms with Gasteiger partial charge in [-0.25, -0.2) is 14.6 Å². The molecule has 0 unspecified atom stereocenters. The summed E-state index contributed by atoms with van der Waals surface area (Å²) in [7, 11) is 0. The Hall–Kier alpha value is -4.80. The number of hydrogen-bond donors (Lipinski definition) is 0. The fourth-order valence-corrected chi connectivity index (χ4v) is 5.28. The van der Waals surface area contributed by atoms with Gasteiger partial charge in [0.05, 0.1) is 16.6 Å². The van der Waals surface area contributed by atoms with E-state index in [2.05, 4.69) is 4.99 Å². The summed E-state index contributed by atoms with van der Waals surface area (Å²) in [5, 5.41) is 12.0. The van der Waals surface area contributed by atoms with Gasteiger partial charge >= 0.3 is 11.9 Å². The number of carbonyl (C=O) groups excluding carboxylic acids is 2. The number of halogens is 1. The number of hydrogen-bond acceptors (Lipinski definition) is 9. The van der Waals surface area contributed by atoms with E-state index in [1.807, 2.05) is 30.3 Å². The van der Waals surface area contributed by atoms with Gasteiger partial charge in [0, 0.05) is 28.3 Å². The van der Waals surface area contributed by atoms with Crippen LogP contribution < -0.4 is 9.47 Å². The lowest BCUT2D eigenvalue weighted by molar-refractivity contribution is -0.384. The van der Waals surface area contributed by atoms with Gasteiger partial charge in [-0.15, -0.1) is 11.3 Å². The van der Waals surface area contributed by atoms with Crippen molar-refractivity contribution in [3.63, 3.8) is 0 Å². The zero-order valence-electron chi connectivity index (χ0n) is 20.8. The van der Waals surface area contributed by atoms with Crippen LogP contribution in [0.2, 0.25) is 5.02 Å². The lowest BCUT2D eigenvalue weighted by Crippen LogP contribution is -2.06. The van der Waals surface area contributed by atoms with Gasteiger partial charge in [0.1, 0.15) is 4.88 Å². The molecule has 40 heavy (non-hydrogen) atoms. The molecular weight excluding hydrogens is 556 g/mol. The number of ether oxygens (including phenoxy) is 3. The Bertz CT molecular complexity index is 1740. The summed E-state index contributed by atoms with van der Waals surface area (Å²) in [6.07, 6.45) is 4.47. The van der Waals surface area contributed by atoms with Gasteiger partial charge in [-0.1, -0.05) is 48.0 Å². The van der Waals surface area contributed by atoms with E-state index in [1.165, 1.54) is 24.3 Å². The zero-order valence-corrected chi connectivity index (χ0v) is 22.4. The first-order valence-electron chi connectivity index (χ1n) is 11.9. The molecule has 0 amide bonds. The van der Waals surface area contributed by atoms with Gasteiger partial charge in [0.25, 0.3) is 5.69 Å². The number of fused-ring (bicyclic) bond motifs is 1. The van der Waals surface area contributed by atoms with Crippen molar-refractivity contribution >= 4 is 68.7 Å². The van der Waals surface area contributed by atoms with Gasteiger partial charge in [-0.3, -0.25) is 10.1 Å². The highest BCUT2D eigenvalue weighted by atomic mass is 35.5. The summed E-state index contributed by atoms with van der Waals surface area (Å²) in [6.45, 7) is 2.11. The highest BCUT2D eigenvalue weighted by molar-refractivity contribution is 7.21. The standard InChI is InChI=1S/C29H19ClN2O7S/c1-2-37-23-15-18(8-12-22(23)38-25(33)13-9-17-6-4-3-5-7-17)14-21-29(34)39-28(31-21)27-26(30)20-11-10-19(32(35)36)16-24(20)40-27/h3-16H,2H2,1H3/b13-9+,21-14+. The zero-order chi connectivity index (χ0) is 28.2. The number of aliphatic imine (C=N–C) groups is 1. The van der Waals surface area contributed by atoms with Crippen molar-refractivity contribution in [2.45, 2.75) is 6.92 Å². The molecule has 1 aliphatic heterocycles. The van der Waals surface area contributed by atoms with Crippen LogP contribution in [-0.4, -0.2) is 29.4 Å². The van der Waals surface area contributed by atoms with Crippen LogP contribution in [0, 0.1) is 10.1 Å². The molecule has 0 saturated carbocycles. The number of non-ortho nitro benzene ring substituents is 1. The lowest BCUT2D eigenvalue weighted by atomic mass is 10.1. The monoisotopic (exact) mass is 574 g/mol. The van der Waals surface area contributed by atoms with Crippen LogP contribution in [0.25, 0.3) is 22.2 Å². The molecule has 5 rings (SSSR count). The number of nitrogens with zero attached hydrogens (tertiary/aromatic N) is 2. The van der Waals surface area contributed by atoms with Crippen LogP contribution in [-0.2, 0) is 14.3 Å². The highest BCUT2D eigenvalue weighted by Crippen LogP contribution is 2.39. The molecule has 0 fully saturated rings. The molecule has 0 atom stereocenters. The summed E-state index contributed by atoms with van der Waals surface area (Å²) in [5.41, 5.74) is 1.35. The van der Waals surface area contributed by atoms with E-state index < -0.39 is 16.9 Å². The molecule has 3 aromatic carbocycles. The third-order valence-electron chi connectivity index (χ3n) is 5.63. The average Bonchev–Trinajstić information content (AvgIpc) is 3.48. The minimum absolute atomic E-state index is 0.00545. The second-order valence-corrected chi connectivity index (χ2v) is 9.75. The van der Waals surface area contributed by atoms with E-state index in [9.17, 15) is 19.7 Å². The molecule has 0 aliphatic carbocycles. The van der Waals surface area contributed by atoms with Crippen molar-refractivity contribution in [2.75, 3.05) is 6.61 Å². The van der Waals surface area contributed by atoms with E-state index >= 15 is 0 Å². The Kier molecular flexibility index (Phi) is 7.72. The molecule has 4 aromatic rings.